The van der Waals surface area contributed by atoms with Crippen LogP contribution in [0.4, 0.5) is 5.69 Å². The van der Waals surface area contributed by atoms with Crippen LogP contribution in [0.3, 0.4) is 0 Å². The summed E-state index contributed by atoms with van der Waals surface area (Å²) in [6.07, 6.45) is 3.79. The summed E-state index contributed by atoms with van der Waals surface area (Å²) in [5.74, 6) is 0.968. The molecule has 0 radical (unpaired) electrons. The minimum absolute atomic E-state index is 0.0905. The molecule has 5 heteroatoms. The number of hydrogen-bond acceptors (Lipinski definition) is 4. The molecule has 174 valence electrons. The van der Waals surface area contributed by atoms with E-state index in [1.54, 1.807) is 0 Å². The molecule has 1 saturated heterocycles. The molecule has 0 aliphatic carbocycles. The Hall–Kier alpha value is -2.37. The Labute approximate surface area is 193 Å². The van der Waals surface area contributed by atoms with Crippen molar-refractivity contribution in [1.29, 1.82) is 0 Å². The van der Waals surface area contributed by atoms with Gasteiger partial charge in [0.25, 0.3) is 0 Å². The minimum Gasteiger partial charge on any atom is -0.494 e. The molecular formula is C27H39N3O2. The first kappa shape index (κ1) is 24.3. The van der Waals surface area contributed by atoms with E-state index in [-0.39, 0.29) is 5.91 Å². The second kappa shape index (κ2) is 11.0. The van der Waals surface area contributed by atoms with Gasteiger partial charge in [-0.2, -0.15) is 0 Å². The molecule has 1 heterocycles. The molecule has 0 aromatic heterocycles. The summed E-state index contributed by atoms with van der Waals surface area (Å²) in [7, 11) is 4.05. The first-order valence-electron chi connectivity index (χ1n) is 11.8. The largest absolute Gasteiger partial charge is 0.494 e. The number of rotatable bonds is 9. The van der Waals surface area contributed by atoms with Crippen LogP contribution in [-0.2, 0) is 11.3 Å². The van der Waals surface area contributed by atoms with E-state index >= 15 is 0 Å². The Kier molecular flexibility index (Phi) is 8.32. The van der Waals surface area contributed by atoms with E-state index < -0.39 is 5.54 Å². The van der Waals surface area contributed by atoms with Gasteiger partial charge in [0, 0.05) is 25.3 Å². The van der Waals surface area contributed by atoms with Crippen molar-refractivity contribution >= 4 is 11.6 Å². The molecule has 1 fully saturated rings. The highest BCUT2D eigenvalue weighted by molar-refractivity contribution is 5.99. The van der Waals surface area contributed by atoms with Gasteiger partial charge in [-0.25, -0.2) is 0 Å². The second-order valence-electron chi connectivity index (χ2n) is 9.28. The van der Waals surface area contributed by atoms with E-state index in [9.17, 15) is 4.79 Å². The van der Waals surface area contributed by atoms with Crippen molar-refractivity contribution in [2.45, 2.75) is 58.5 Å². The predicted octanol–water partition coefficient (Wildman–Crippen LogP) is 5.02. The molecule has 0 atom stereocenters. The van der Waals surface area contributed by atoms with Crippen LogP contribution in [0.1, 0.15) is 49.3 Å². The fourth-order valence-corrected chi connectivity index (χ4v) is 4.57. The number of nitrogens with zero attached hydrogens (tertiary/aromatic N) is 2. The molecule has 0 saturated carbocycles. The summed E-state index contributed by atoms with van der Waals surface area (Å²) in [5.41, 5.74) is 3.82. The van der Waals surface area contributed by atoms with E-state index in [0.717, 1.165) is 74.5 Å². The molecule has 32 heavy (non-hydrogen) atoms. The molecule has 2 aromatic rings. The Bertz CT molecular complexity index is 864. The summed E-state index contributed by atoms with van der Waals surface area (Å²) >= 11 is 0. The fraction of sp³-hybridized carbons (Fsp3) is 0.519. The topological polar surface area (TPSA) is 44.8 Å². The molecule has 1 aliphatic rings. The number of aryl methyl sites for hydroxylation is 2. The van der Waals surface area contributed by atoms with E-state index in [1.165, 1.54) is 5.56 Å². The van der Waals surface area contributed by atoms with Crippen LogP contribution in [0.15, 0.2) is 42.5 Å². The number of ether oxygens (including phenoxy) is 1. The van der Waals surface area contributed by atoms with Gasteiger partial charge in [-0.15, -0.1) is 0 Å². The normalized spacial score (nSPS) is 16.2. The summed E-state index contributed by atoms with van der Waals surface area (Å²) in [6.45, 7) is 9.71. The first-order valence-corrected chi connectivity index (χ1v) is 11.8. The Morgan fingerprint density at radius 1 is 1.09 bits per heavy atom. The van der Waals surface area contributed by atoms with E-state index in [1.807, 2.05) is 40.1 Å². The first-order chi connectivity index (χ1) is 15.4. The van der Waals surface area contributed by atoms with Crippen molar-refractivity contribution in [2.75, 3.05) is 39.1 Å². The molecule has 2 aromatic carbocycles. The fourth-order valence-electron chi connectivity index (χ4n) is 4.57. The monoisotopic (exact) mass is 437 g/mol. The summed E-state index contributed by atoms with van der Waals surface area (Å²) in [5, 5.41) is 3.27. The molecule has 3 rings (SSSR count). The van der Waals surface area contributed by atoms with Gasteiger partial charge in [-0.1, -0.05) is 43.7 Å². The number of anilines is 1. The summed E-state index contributed by atoms with van der Waals surface area (Å²) in [4.78, 5) is 18.1. The van der Waals surface area contributed by atoms with E-state index in [2.05, 4.69) is 52.4 Å². The zero-order chi connectivity index (χ0) is 23.1. The maximum absolute atomic E-state index is 13.6. The molecule has 0 unspecified atom stereocenters. The lowest BCUT2D eigenvalue weighted by atomic mass is 9.84. The molecule has 0 spiro atoms. The van der Waals surface area contributed by atoms with Gasteiger partial charge < -0.3 is 10.1 Å². The van der Waals surface area contributed by atoms with Crippen LogP contribution >= 0.6 is 0 Å². The number of likely N-dealkylation sites (tertiary alicyclic amines) is 1. The van der Waals surface area contributed by atoms with Gasteiger partial charge in [0.15, 0.2) is 0 Å². The maximum Gasteiger partial charge on any atom is 0.244 e. The quantitative estimate of drug-likeness (QED) is 0.560. The average Bonchev–Trinajstić information content (AvgIpc) is 2.77. The molecule has 1 N–H and O–H groups in total. The van der Waals surface area contributed by atoms with Crippen molar-refractivity contribution < 1.29 is 9.53 Å². The van der Waals surface area contributed by atoms with Gasteiger partial charge in [-0.3, -0.25) is 14.6 Å². The number of carbonyl (C=O) groups is 1. The van der Waals surface area contributed by atoms with Gasteiger partial charge >= 0.3 is 0 Å². The van der Waals surface area contributed by atoms with Crippen molar-refractivity contribution in [3.63, 3.8) is 0 Å². The molecule has 1 aliphatic heterocycles. The third-order valence-corrected chi connectivity index (χ3v) is 6.72. The number of amides is 1. The smallest absolute Gasteiger partial charge is 0.244 e. The van der Waals surface area contributed by atoms with Crippen LogP contribution in [0, 0.1) is 13.8 Å². The zero-order valence-electron chi connectivity index (χ0n) is 20.4. The SMILES string of the molecule is CCCCOc1cc(C)c(NC(=O)C2(N(C)C)CCN(Cc3ccccc3)CC2)c(C)c1. The summed E-state index contributed by atoms with van der Waals surface area (Å²) in [6, 6.07) is 14.6. The Morgan fingerprint density at radius 3 is 2.28 bits per heavy atom. The molecule has 5 nitrogen and oxygen atoms in total. The highest BCUT2D eigenvalue weighted by Gasteiger charge is 2.43. The minimum atomic E-state index is -0.498. The van der Waals surface area contributed by atoms with Crippen LogP contribution in [0.25, 0.3) is 0 Å². The van der Waals surface area contributed by atoms with Crippen LogP contribution in [-0.4, -0.2) is 55.0 Å². The number of carbonyl (C=O) groups excluding carboxylic acids is 1. The third-order valence-electron chi connectivity index (χ3n) is 6.72. The van der Waals surface area contributed by atoms with Gasteiger partial charge in [0.1, 0.15) is 11.3 Å². The average molecular weight is 438 g/mol. The standard InChI is InChI=1S/C27H39N3O2/c1-6-7-17-32-24-18-21(2)25(22(3)19-24)28-26(31)27(29(4)5)13-15-30(16-14-27)20-23-11-9-8-10-12-23/h8-12,18-19H,6-7,13-17,20H2,1-5H3,(H,28,31). The Morgan fingerprint density at radius 2 is 1.72 bits per heavy atom. The van der Waals surface area contributed by atoms with Gasteiger partial charge in [0.2, 0.25) is 5.91 Å². The maximum atomic E-state index is 13.6. The Balaban J connectivity index is 1.68. The number of likely N-dealkylation sites (N-methyl/N-ethyl adjacent to an activating group) is 1. The molecule has 0 bridgehead atoms. The van der Waals surface area contributed by atoms with Gasteiger partial charge in [0.05, 0.1) is 6.61 Å². The number of hydrogen-bond donors (Lipinski definition) is 1. The number of unbranched alkanes of at least 4 members (excludes halogenated alkanes) is 1. The van der Waals surface area contributed by atoms with Crippen LogP contribution in [0.5, 0.6) is 5.75 Å². The number of benzene rings is 2. The lowest BCUT2D eigenvalue weighted by molar-refractivity contribution is -0.129. The van der Waals surface area contributed by atoms with Crippen molar-refractivity contribution in [3.8, 4) is 5.75 Å². The van der Waals surface area contributed by atoms with Crippen molar-refractivity contribution in [1.82, 2.24) is 9.80 Å². The highest BCUT2D eigenvalue weighted by Crippen LogP contribution is 2.32. The van der Waals surface area contributed by atoms with Crippen LogP contribution in [0.2, 0.25) is 0 Å². The lowest BCUT2D eigenvalue weighted by Crippen LogP contribution is -2.59. The van der Waals surface area contributed by atoms with Crippen molar-refractivity contribution in [2.24, 2.45) is 0 Å². The van der Waals surface area contributed by atoms with E-state index in [0.29, 0.717) is 0 Å². The third kappa shape index (κ3) is 5.70. The zero-order valence-corrected chi connectivity index (χ0v) is 20.4. The number of piperidine rings is 1. The number of nitrogens with one attached hydrogen (secondary N) is 1. The van der Waals surface area contributed by atoms with E-state index in [4.69, 9.17) is 4.74 Å². The second-order valence-corrected chi connectivity index (χ2v) is 9.28. The summed E-state index contributed by atoms with van der Waals surface area (Å²) < 4.78 is 5.88. The molecule has 1 amide bonds. The molecular weight excluding hydrogens is 398 g/mol. The van der Waals surface area contributed by atoms with Crippen molar-refractivity contribution in [3.05, 3.63) is 59.2 Å². The highest BCUT2D eigenvalue weighted by atomic mass is 16.5. The van der Waals surface area contributed by atoms with Gasteiger partial charge in [-0.05, 0) is 76.0 Å². The predicted molar refractivity (Wildman–Crippen MR) is 132 cm³/mol. The van der Waals surface area contributed by atoms with Crippen LogP contribution < -0.4 is 10.1 Å². The lowest BCUT2D eigenvalue weighted by Gasteiger charge is -2.44.